The number of aromatic nitrogens is 2. The first-order chi connectivity index (χ1) is 12.5. The molecule has 7 nitrogen and oxygen atoms in total. The van der Waals surface area contributed by atoms with Crippen LogP contribution in [-0.2, 0) is 17.9 Å². The lowest BCUT2D eigenvalue weighted by Crippen LogP contribution is -2.40. The van der Waals surface area contributed by atoms with Gasteiger partial charge in [-0.05, 0) is 24.5 Å². The van der Waals surface area contributed by atoms with E-state index in [4.69, 9.17) is 0 Å². The lowest BCUT2D eigenvalue weighted by molar-refractivity contribution is -0.131. The molecular formula is C19H24N4O3. The van der Waals surface area contributed by atoms with Crippen LogP contribution >= 0.6 is 0 Å². The van der Waals surface area contributed by atoms with Crippen molar-refractivity contribution in [2.75, 3.05) is 26.2 Å². The topological polar surface area (TPSA) is 78.4 Å². The minimum atomic E-state index is -0.554. The molecule has 1 amide bonds. The molecule has 0 bridgehead atoms. The molecule has 3 rings (SSSR count). The minimum absolute atomic E-state index is 0.0482. The van der Waals surface area contributed by atoms with Crippen LogP contribution in [0.5, 0.6) is 0 Å². The standard InChI is InChI=1S/C19H24N4O3/c1-15-5-2-3-6-16(15)13-21-8-4-9-22(12-11-21)18(25)14-23-10-7-17(24)20-19(23)26/h2-3,5-7,10H,4,8-9,11-14H2,1H3,(H,20,24,26). The summed E-state index contributed by atoms with van der Waals surface area (Å²) in [6.45, 7) is 6.02. The van der Waals surface area contributed by atoms with Gasteiger partial charge in [0.2, 0.25) is 5.91 Å². The first kappa shape index (κ1) is 18.1. The number of H-pyrrole nitrogens is 1. The average molecular weight is 356 g/mol. The minimum Gasteiger partial charge on any atom is -0.340 e. The van der Waals surface area contributed by atoms with E-state index < -0.39 is 11.2 Å². The van der Waals surface area contributed by atoms with Crippen LogP contribution in [0.15, 0.2) is 46.1 Å². The van der Waals surface area contributed by atoms with Crippen LogP contribution in [0.25, 0.3) is 0 Å². The highest BCUT2D eigenvalue weighted by molar-refractivity contribution is 5.76. The predicted molar refractivity (Wildman–Crippen MR) is 99.0 cm³/mol. The van der Waals surface area contributed by atoms with E-state index in [1.807, 2.05) is 6.07 Å². The van der Waals surface area contributed by atoms with Crippen molar-refractivity contribution in [2.45, 2.75) is 26.4 Å². The zero-order valence-electron chi connectivity index (χ0n) is 15.0. The summed E-state index contributed by atoms with van der Waals surface area (Å²) in [6.07, 6.45) is 2.26. The summed E-state index contributed by atoms with van der Waals surface area (Å²) < 4.78 is 1.24. The molecule has 0 radical (unpaired) electrons. The Kier molecular flexibility index (Phi) is 5.68. The van der Waals surface area contributed by atoms with Gasteiger partial charge in [0, 0.05) is 45.0 Å². The van der Waals surface area contributed by atoms with Crippen molar-refractivity contribution in [3.8, 4) is 0 Å². The van der Waals surface area contributed by atoms with Gasteiger partial charge < -0.3 is 4.90 Å². The van der Waals surface area contributed by atoms with Crippen LogP contribution in [0.4, 0.5) is 0 Å². The summed E-state index contributed by atoms with van der Waals surface area (Å²) in [4.78, 5) is 41.7. The first-order valence-electron chi connectivity index (χ1n) is 8.87. The van der Waals surface area contributed by atoms with Gasteiger partial charge >= 0.3 is 5.69 Å². The number of carbonyl (C=O) groups excluding carboxylic acids is 1. The predicted octanol–water partition coefficient (Wildman–Crippen LogP) is 0.580. The fourth-order valence-electron chi connectivity index (χ4n) is 3.22. The maximum Gasteiger partial charge on any atom is 0.328 e. The molecule has 1 fully saturated rings. The highest BCUT2D eigenvalue weighted by Crippen LogP contribution is 2.13. The van der Waals surface area contributed by atoms with E-state index in [9.17, 15) is 14.4 Å². The van der Waals surface area contributed by atoms with E-state index in [0.717, 1.165) is 26.1 Å². The third-order valence-electron chi connectivity index (χ3n) is 4.80. The van der Waals surface area contributed by atoms with E-state index in [-0.39, 0.29) is 12.5 Å². The van der Waals surface area contributed by atoms with E-state index in [1.165, 1.54) is 28.0 Å². The van der Waals surface area contributed by atoms with E-state index in [0.29, 0.717) is 13.1 Å². The molecule has 1 aromatic heterocycles. The molecule has 2 heterocycles. The number of benzene rings is 1. The highest BCUT2D eigenvalue weighted by atomic mass is 16.2. The molecular weight excluding hydrogens is 332 g/mol. The number of hydrogen-bond acceptors (Lipinski definition) is 4. The number of carbonyl (C=O) groups is 1. The lowest BCUT2D eigenvalue weighted by Gasteiger charge is -2.23. The normalized spacial score (nSPS) is 15.7. The van der Waals surface area contributed by atoms with Crippen LogP contribution in [0.2, 0.25) is 0 Å². The number of nitrogens with one attached hydrogen (secondary N) is 1. The van der Waals surface area contributed by atoms with Crippen molar-refractivity contribution in [1.29, 1.82) is 0 Å². The average Bonchev–Trinajstić information content (AvgIpc) is 2.85. The smallest absolute Gasteiger partial charge is 0.328 e. The van der Waals surface area contributed by atoms with Gasteiger partial charge in [0.15, 0.2) is 0 Å². The molecule has 26 heavy (non-hydrogen) atoms. The summed E-state index contributed by atoms with van der Waals surface area (Å²) in [5.41, 5.74) is 1.58. The quantitative estimate of drug-likeness (QED) is 0.869. The Labute approximate surface area is 151 Å². The zero-order valence-corrected chi connectivity index (χ0v) is 15.0. The van der Waals surface area contributed by atoms with Crippen molar-refractivity contribution in [1.82, 2.24) is 19.4 Å². The molecule has 0 atom stereocenters. The maximum absolute atomic E-state index is 12.5. The van der Waals surface area contributed by atoms with Crippen LogP contribution < -0.4 is 11.2 Å². The molecule has 0 saturated carbocycles. The Morgan fingerprint density at radius 1 is 1.08 bits per heavy atom. The number of hydrogen-bond donors (Lipinski definition) is 1. The molecule has 1 aliphatic rings. The van der Waals surface area contributed by atoms with Gasteiger partial charge in [-0.15, -0.1) is 0 Å². The molecule has 0 unspecified atom stereocenters. The largest absolute Gasteiger partial charge is 0.340 e. The summed E-state index contributed by atoms with van der Waals surface area (Å²) in [5.74, 6) is -0.100. The fourth-order valence-corrected chi connectivity index (χ4v) is 3.22. The Morgan fingerprint density at radius 2 is 1.88 bits per heavy atom. The van der Waals surface area contributed by atoms with E-state index in [1.54, 1.807) is 4.90 Å². The molecule has 1 saturated heterocycles. The molecule has 7 heteroatoms. The van der Waals surface area contributed by atoms with Crippen molar-refractivity contribution in [3.63, 3.8) is 0 Å². The van der Waals surface area contributed by atoms with Crippen LogP contribution in [-0.4, -0.2) is 51.4 Å². The van der Waals surface area contributed by atoms with Gasteiger partial charge in [0.1, 0.15) is 6.54 Å². The third-order valence-corrected chi connectivity index (χ3v) is 4.80. The third kappa shape index (κ3) is 4.49. The molecule has 138 valence electrons. The Bertz CT molecular complexity index is 887. The van der Waals surface area contributed by atoms with Crippen molar-refractivity contribution in [2.24, 2.45) is 0 Å². The molecule has 1 N–H and O–H groups in total. The number of aromatic amines is 1. The molecule has 0 spiro atoms. The van der Waals surface area contributed by atoms with Gasteiger partial charge in [-0.25, -0.2) is 4.79 Å². The first-order valence-corrected chi connectivity index (χ1v) is 8.87. The van der Waals surface area contributed by atoms with Crippen LogP contribution in [0.1, 0.15) is 17.5 Å². The van der Waals surface area contributed by atoms with Crippen LogP contribution in [0.3, 0.4) is 0 Å². The van der Waals surface area contributed by atoms with Crippen molar-refractivity contribution >= 4 is 5.91 Å². The second-order valence-electron chi connectivity index (χ2n) is 6.68. The lowest BCUT2D eigenvalue weighted by atomic mass is 10.1. The summed E-state index contributed by atoms with van der Waals surface area (Å²) in [7, 11) is 0. The van der Waals surface area contributed by atoms with Crippen molar-refractivity contribution in [3.05, 3.63) is 68.5 Å². The maximum atomic E-state index is 12.5. The molecule has 0 aliphatic carbocycles. The number of aryl methyl sites for hydroxylation is 1. The summed E-state index contributed by atoms with van der Waals surface area (Å²) in [5, 5.41) is 0. The fraction of sp³-hybridized carbons (Fsp3) is 0.421. The highest BCUT2D eigenvalue weighted by Gasteiger charge is 2.20. The SMILES string of the molecule is Cc1ccccc1CN1CCCN(C(=O)Cn2ccc(=O)[nH]c2=O)CC1. The molecule has 2 aromatic rings. The number of nitrogens with zero attached hydrogens (tertiary/aromatic N) is 3. The molecule has 1 aliphatic heterocycles. The van der Waals surface area contributed by atoms with Crippen LogP contribution in [0, 0.1) is 6.92 Å². The Morgan fingerprint density at radius 3 is 2.65 bits per heavy atom. The monoisotopic (exact) mass is 356 g/mol. The number of rotatable bonds is 4. The van der Waals surface area contributed by atoms with E-state index >= 15 is 0 Å². The van der Waals surface area contributed by atoms with E-state index in [2.05, 4.69) is 35.0 Å². The summed E-state index contributed by atoms with van der Waals surface area (Å²) >= 11 is 0. The van der Waals surface area contributed by atoms with Gasteiger partial charge in [-0.1, -0.05) is 24.3 Å². The Balaban J connectivity index is 1.59. The van der Waals surface area contributed by atoms with Gasteiger partial charge in [-0.3, -0.25) is 24.0 Å². The van der Waals surface area contributed by atoms with Crippen molar-refractivity contribution < 1.29 is 4.79 Å². The zero-order chi connectivity index (χ0) is 18.5. The van der Waals surface area contributed by atoms with Gasteiger partial charge in [0.05, 0.1) is 0 Å². The van der Waals surface area contributed by atoms with Gasteiger partial charge in [0.25, 0.3) is 5.56 Å². The number of amides is 1. The molecule has 1 aromatic carbocycles. The second kappa shape index (κ2) is 8.14. The summed E-state index contributed by atoms with van der Waals surface area (Å²) in [6, 6.07) is 9.61. The Hall–Kier alpha value is -2.67. The second-order valence-corrected chi connectivity index (χ2v) is 6.68. The van der Waals surface area contributed by atoms with Gasteiger partial charge in [-0.2, -0.15) is 0 Å².